The fraction of sp³-hybridized carbons (Fsp3) is 0.500. The second-order valence-corrected chi connectivity index (χ2v) is 6.27. The number of aromatic amines is 1. The van der Waals surface area contributed by atoms with Crippen LogP contribution in [0.4, 0.5) is 0 Å². The third-order valence-corrected chi connectivity index (χ3v) is 4.75. The maximum Gasteiger partial charge on any atom is 0.302 e. The van der Waals surface area contributed by atoms with Crippen molar-refractivity contribution in [1.82, 2.24) is 24.8 Å². The third-order valence-electron chi connectivity index (χ3n) is 4.75. The van der Waals surface area contributed by atoms with E-state index in [1.165, 1.54) is 6.92 Å². The van der Waals surface area contributed by atoms with E-state index in [-0.39, 0.29) is 5.97 Å². The second-order valence-electron chi connectivity index (χ2n) is 6.27. The Kier molecular flexibility index (Phi) is 3.48. The molecule has 7 nitrogen and oxygen atoms in total. The number of fused-ring (bicyclic) bond motifs is 3. The first-order valence-corrected chi connectivity index (χ1v) is 8.02. The van der Waals surface area contributed by atoms with Crippen molar-refractivity contribution in [2.75, 3.05) is 6.61 Å². The highest BCUT2D eigenvalue weighted by molar-refractivity contribution is 5.92. The molecule has 0 saturated heterocycles. The molecule has 1 aliphatic carbocycles. The molecule has 3 aromatic rings. The molecule has 23 heavy (non-hydrogen) atoms. The molecule has 4 rings (SSSR count). The Morgan fingerprint density at radius 3 is 3.00 bits per heavy atom. The van der Waals surface area contributed by atoms with E-state index >= 15 is 0 Å². The molecular formula is C16H19N5O2. The molecular weight excluding hydrogens is 294 g/mol. The van der Waals surface area contributed by atoms with Gasteiger partial charge in [-0.2, -0.15) is 0 Å². The van der Waals surface area contributed by atoms with Gasteiger partial charge in [0, 0.05) is 24.4 Å². The SMILES string of the molecule is CC(=O)OCC1CCC(c2nnn3cnc4[nH]ccc4c23)CC1. The van der Waals surface area contributed by atoms with E-state index in [0.717, 1.165) is 47.9 Å². The summed E-state index contributed by atoms with van der Waals surface area (Å²) < 4.78 is 6.90. The van der Waals surface area contributed by atoms with Crippen LogP contribution in [0.15, 0.2) is 18.6 Å². The van der Waals surface area contributed by atoms with E-state index in [1.807, 2.05) is 12.3 Å². The van der Waals surface area contributed by atoms with Crippen LogP contribution >= 0.6 is 0 Å². The molecule has 3 heterocycles. The molecule has 0 aliphatic heterocycles. The highest BCUT2D eigenvalue weighted by Crippen LogP contribution is 2.37. The zero-order valence-corrected chi connectivity index (χ0v) is 13.0. The van der Waals surface area contributed by atoms with Crippen LogP contribution in [0.3, 0.4) is 0 Å². The molecule has 0 aromatic carbocycles. The molecule has 0 unspecified atom stereocenters. The number of H-pyrrole nitrogens is 1. The van der Waals surface area contributed by atoms with Crippen molar-refractivity contribution in [2.45, 2.75) is 38.5 Å². The van der Waals surface area contributed by atoms with Crippen LogP contribution in [0.1, 0.15) is 44.2 Å². The van der Waals surface area contributed by atoms with Gasteiger partial charge in [0.15, 0.2) is 0 Å². The van der Waals surface area contributed by atoms with Crippen molar-refractivity contribution in [1.29, 1.82) is 0 Å². The number of rotatable bonds is 3. The van der Waals surface area contributed by atoms with Crippen molar-refractivity contribution < 1.29 is 9.53 Å². The standard InChI is InChI=1S/C16H19N5O2/c1-10(22)23-8-11-2-4-12(5-3-11)14-15-13-6-7-17-16(13)18-9-21(15)20-19-14/h6-7,9,11-12,17H,2-5,8H2,1H3. The zero-order valence-electron chi connectivity index (χ0n) is 13.0. The van der Waals surface area contributed by atoms with Crippen molar-refractivity contribution in [2.24, 2.45) is 5.92 Å². The molecule has 0 spiro atoms. The highest BCUT2D eigenvalue weighted by atomic mass is 16.5. The monoisotopic (exact) mass is 313 g/mol. The maximum absolute atomic E-state index is 10.9. The fourth-order valence-corrected chi connectivity index (χ4v) is 3.53. The van der Waals surface area contributed by atoms with Gasteiger partial charge < -0.3 is 9.72 Å². The number of esters is 1. The summed E-state index contributed by atoms with van der Waals surface area (Å²) in [6, 6.07) is 2.02. The minimum Gasteiger partial charge on any atom is -0.466 e. The number of hydrogen-bond donors (Lipinski definition) is 1. The number of hydrogen-bond acceptors (Lipinski definition) is 5. The number of carbonyl (C=O) groups excluding carboxylic acids is 1. The predicted octanol–water partition coefficient (Wildman–Crippen LogP) is 2.44. The molecule has 120 valence electrons. The normalized spacial score (nSPS) is 21.8. The van der Waals surface area contributed by atoms with E-state index in [1.54, 1.807) is 10.8 Å². The van der Waals surface area contributed by atoms with E-state index in [2.05, 4.69) is 20.3 Å². The lowest BCUT2D eigenvalue weighted by Crippen LogP contribution is -2.19. The zero-order chi connectivity index (χ0) is 15.8. The summed E-state index contributed by atoms with van der Waals surface area (Å²) in [6.07, 6.45) is 7.81. The van der Waals surface area contributed by atoms with Gasteiger partial charge in [-0.05, 0) is 37.7 Å². The van der Waals surface area contributed by atoms with Crippen molar-refractivity contribution >= 4 is 22.5 Å². The minimum absolute atomic E-state index is 0.196. The Morgan fingerprint density at radius 1 is 1.39 bits per heavy atom. The number of nitrogens with zero attached hydrogens (tertiary/aromatic N) is 4. The van der Waals surface area contributed by atoms with E-state index < -0.39 is 0 Å². The Bertz CT molecular complexity index is 845. The van der Waals surface area contributed by atoms with Gasteiger partial charge in [-0.25, -0.2) is 9.50 Å². The summed E-state index contributed by atoms with van der Waals surface area (Å²) in [5, 5.41) is 9.71. The first-order valence-electron chi connectivity index (χ1n) is 8.02. The van der Waals surface area contributed by atoms with E-state index in [9.17, 15) is 4.79 Å². The fourth-order valence-electron chi connectivity index (χ4n) is 3.53. The Balaban J connectivity index is 1.56. The van der Waals surface area contributed by atoms with Gasteiger partial charge in [0.2, 0.25) is 0 Å². The number of carbonyl (C=O) groups is 1. The van der Waals surface area contributed by atoms with Crippen LogP contribution in [0, 0.1) is 5.92 Å². The van der Waals surface area contributed by atoms with Crippen molar-refractivity contribution in [3.63, 3.8) is 0 Å². The van der Waals surface area contributed by atoms with E-state index in [4.69, 9.17) is 4.74 Å². The summed E-state index contributed by atoms with van der Waals surface area (Å²) in [7, 11) is 0. The molecule has 0 atom stereocenters. The number of aromatic nitrogens is 5. The first kappa shape index (κ1) is 14.2. The topological polar surface area (TPSA) is 85.2 Å². The van der Waals surface area contributed by atoms with Gasteiger partial charge in [-0.3, -0.25) is 4.79 Å². The van der Waals surface area contributed by atoms with E-state index in [0.29, 0.717) is 18.4 Å². The molecule has 0 bridgehead atoms. The Hall–Kier alpha value is -2.44. The van der Waals surface area contributed by atoms with Gasteiger partial charge >= 0.3 is 5.97 Å². The average molecular weight is 313 g/mol. The Labute approximate surface area is 133 Å². The summed E-state index contributed by atoms with van der Waals surface area (Å²) in [4.78, 5) is 18.4. The number of nitrogens with one attached hydrogen (secondary N) is 1. The first-order chi connectivity index (χ1) is 11.2. The average Bonchev–Trinajstić information content (AvgIpc) is 3.19. The minimum atomic E-state index is -0.196. The molecule has 1 saturated carbocycles. The lowest BCUT2D eigenvalue weighted by atomic mass is 9.80. The molecule has 1 aliphatic rings. The number of ether oxygens (including phenoxy) is 1. The van der Waals surface area contributed by atoms with Crippen LogP contribution < -0.4 is 0 Å². The van der Waals surface area contributed by atoms with Crippen LogP contribution in [0.2, 0.25) is 0 Å². The molecule has 0 radical (unpaired) electrons. The summed E-state index contributed by atoms with van der Waals surface area (Å²) in [6.45, 7) is 2.00. The van der Waals surface area contributed by atoms with Crippen LogP contribution in [0.5, 0.6) is 0 Å². The summed E-state index contributed by atoms with van der Waals surface area (Å²) in [5.41, 5.74) is 2.98. The molecule has 0 amide bonds. The second kappa shape index (κ2) is 5.64. The third kappa shape index (κ3) is 2.56. The predicted molar refractivity (Wildman–Crippen MR) is 84.0 cm³/mol. The summed E-state index contributed by atoms with van der Waals surface area (Å²) >= 11 is 0. The largest absolute Gasteiger partial charge is 0.466 e. The maximum atomic E-state index is 10.9. The smallest absolute Gasteiger partial charge is 0.302 e. The summed E-state index contributed by atoms with van der Waals surface area (Å²) in [5.74, 6) is 0.672. The molecule has 1 fully saturated rings. The van der Waals surface area contributed by atoms with Gasteiger partial charge in [-0.1, -0.05) is 5.21 Å². The molecule has 7 heteroatoms. The van der Waals surface area contributed by atoms with Gasteiger partial charge in [0.1, 0.15) is 17.5 Å². The lowest BCUT2D eigenvalue weighted by Gasteiger charge is -2.27. The molecule has 3 aromatic heterocycles. The Morgan fingerprint density at radius 2 is 2.22 bits per heavy atom. The van der Waals surface area contributed by atoms with Gasteiger partial charge in [0.25, 0.3) is 0 Å². The van der Waals surface area contributed by atoms with Crippen LogP contribution in [-0.4, -0.2) is 37.4 Å². The van der Waals surface area contributed by atoms with Crippen molar-refractivity contribution in [3.8, 4) is 0 Å². The lowest BCUT2D eigenvalue weighted by molar-refractivity contribution is -0.142. The van der Waals surface area contributed by atoms with Crippen LogP contribution in [0.25, 0.3) is 16.6 Å². The van der Waals surface area contributed by atoms with Crippen molar-refractivity contribution in [3.05, 3.63) is 24.3 Å². The van der Waals surface area contributed by atoms with Gasteiger partial charge in [-0.15, -0.1) is 5.10 Å². The van der Waals surface area contributed by atoms with Gasteiger partial charge in [0.05, 0.1) is 12.3 Å². The molecule has 1 N–H and O–H groups in total. The quantitative estimate of drug-likeness (QED) is 0.751. The highest BCUT2D eigenvalue weighted by Gasteiger charge is 2.27. The van der Waals surface area contributed by atoms with Crippen LogP contribution in [-0.2, 0) is 9.53 Å².